The first-order valence-electron chi connectivity index (χ1n) is 4.98. The van der Waals surface area contributed by atoms with Gasteiger partial charge in [-0.05, 0) is 30.4 Å². The van der Waals surface area contributed by atoms with Crippen molar-refractivity contribution in [1.29, 1.82) is 0 Å². The number of nitro benzene ring substituents is 1. The van der Waals surface area contributed by atoms with Crippen LogP contribution in [-0.4, -0.2) is 16.0 Å². The van der Waals surface area contributed by atoms with Crippen molar-refractivity contribution in [3.8, 4) is 0 Å². The number of aliphatic carboxylic acids is 1. The second kappa shape index (κ2) is 3.59. The van der Waals surface area contributed by atoms with E-state index in [-0.39, 0.29) is 17.5 Å². The van der Waals surface area contributed by atoms with Gasteiger partial charge >= 0.3 is 5.97 Å². The van der Waals surface area contributed by atoms with Gasteiger partial charge in [0, 0.05) is 12.1 Å². The summed E-state index contributed by atoms with van der Waals surface area (Å²) in [4.78, 5) is 20.9. The fourth-order valence-electron chi connectivity index (χ4n) is 1.95. The lowest BCUT2D eigenvalue weighted by atomic mass is 10.0. The van der Waals surface area contributed by atoms with Gasteiger partial charge in [0.05, 0.1) is 10.8 Å². The average molecular weight is 221 g/mol. The van der Waals surface area contributed by atoms with Gasteiger partial charge in [-0.3, -0.25) is 14.9 Å². The number of carbonyl (C=O) groups is 1. The SMILES string of the molecule is Cc1ccc([N+](=O)[O-])cc1C1CC1C(=O)O. The minimum Gasteiger partial charge on any atom is -0.481 e. The summed E-state index contributed by atoms with van der Waals surface area (Å²) >= 11 is 0. The Labute approximate surface area is 91.9 Å². The summed E-state index contributed by atoms with van der Waals surface area (Å²) in [7, 11) is 0. The van der Waals surface area contributed by atoms with Gasteiger partial charge in [0.2, 0.25) is 0 Å². The highest BCUT2D eigenvalue weighted by molar-refractivity contribution is 5.75. The number of aryl methyl sites for hydroxylation is 1. The maximum absolute atomic E-state index is 10.7. The number of carboxylic acids is 1. The topological polar surface area (TPSA) is 80.4 Å². The van der Waals surface area contributed by atoms with Gasteiger partial charge in [0.25, 0.3) is 5.69 Å². The van der Waals surface area contributed by atoms with E-state index in [0.717, 1.165) is 11.1 Å². The van der Waals surface area contributed by atoms with E-state index in [1.807, 2.05) is 6.92 Å². The molecule has 2 rings (SSSR count). The Kier molecular flexibility index (Phi) is 2.38. The molecule has 0 aromatic heterocycles. The summed E-state index contributed by atoms with van der Waals surface area (Å²) in [6.07, 6.45) is 0.581. The molecule has 0 radical (unpaired) electrons. The van der Waals surface area contributed by atoms with Crippen molar-refractivity contribution in [2.75, 3.05) is 0 Å². The summed E-state index contributed by atoms with van der Waals surface area (Å²) in [6.45, 7) is 1.84. The number of nitrogens with zero attached hydrogens (tertiary/aromatic N) is 1. The molecule has 1 saturated carbocycles. The molecule has 1 aromatic rings. The summed E-state index contributed by atoms with van der Waals surface area (Å²) in [6, 6.07) is 4.60. The van der Waals surface area contributed by atoms with Crippen LogP contribution in [0, 0.1) is 23.0 Å². The second-order valence-corrected chi connectivity index (χ2v) is 4.08. The number of hydrogen-bond acceptors (Lipinski definition) is 3. The average Bonchev–Trinajstić information content (AvgIpc) is 2.97. The van der Waals surface area contributed by atoms with Crippen LogP contribution in [0.3, 0.4) is 0 Å². The molecule has 2 atom stereocenters. The van der Waals surface area contributed by atoms with Crippen LogP contribution in [0.2, 0.25) is 0 Å². The van der Waals surface area contributed by atoms with Gasteiger partial charge in [-0.1, -0.05) is 6.07 Å². The van der Waals surface area contributed by atoms with Crippen LogP contribution >= 0.6 is 0 Å². The van der Waals surface area contributed by atoms with E-state index >= 15 is 0 Å². The Bertz CT molecular complexity index is 469. The van der Waals surface area contributed by atoms with Gasteiger partial charge < -0.3 is 5.11 Å². The first-order valence-corrected chi connectivity index (χ1v) is 4.98. The van der Waals surface area contributed by atoms with Crippen LogP contribution in [0.1, 0.15) is 23.5 Å². The summed E-state index contributed by atoms with van der Waals surface area (Å²) in [5.74, 6) is -1.26. The van der Waals surface area contributed by atoms with Gasteiger partial charge in [-0.2, -0.15) is 0 Å². The van der Waals surface area contributed by atoms with Crippen molar-refractivity contribution in [2.24, 2.45) is 5.92 Å². The molecule has 1 N–H and O–H groups in total. The Morgan fingerprint density at radius 2 is 2.25 bits per heavy atom. The van der Waals surface area contributed by atoms with Crippen molar-refractivity contribution in [2.45, 2.75) is 19.3 Å². The van der Waals surface area contributed by atoms with E-state index in [1.165, 1.54) is 12.1 Å². The zero-order valence-electron chi connectivity index (χ0n) is 8.71. The van der Waals surface area contributed by atoms with Gasteiger partial charge in [0.15, 0.2) is 0 Å². The van der Waals surface area contributed by atoms with Crippen LogP contribution < -0.4 is 0 Å². The lowest BCUT2D eigenvalue weighted by Crippen LogP contribution is -2.00. The third-order valence-electron chi connectivity index (χ3n) is 2.98. The molecule has 0 bridgehead atoms. The molecule has 5 heteroatoms. The van der Waals surface area contributed by atoms with Crippen molar-refractivity contribution in [3.05, 3.63) is 39.4 Å². The van der Waals surface area contributed by atoms with Crippen molar-refractivity contribution < 1.29 is 14.8 Å². The molecule has 5 nitrogen and oxygen atoms in total. The van der Waals surface area contributed by atoms with Gasteiger partial charge in [0.1, 0.15) is 0 Å². The van der Waals surface area contributed by atoms with Crippen molar-refractivity contribution >= 4 is 11.7 Å². The highest BCUT2D eigenvalue weighted by atomic mass is 16.6. The van der Waals surface area contributed by atoms with E-state index in [9.17, 15) is 14.9 Å². The first-order chi connectivity index (χ1) is 7.50. The van der Waals surface area contributed by atoms with Crippen LogP contribution in [0.5, 0.6) is 0 Å². The maximum atomic E-state index is 10.7. The van der Waals surface area contributed by atoms with E-state index in [4.69, 9.17) is 5.11 Å². The monoisotopic (exact) mass is 221 g/mol. The number of carboxylic acid groups (broad SMARTS) is 1. The largest absolute Gasteiger partial charge is 0.481 e. The van der Waals surface area contributed by atoms with Crippen LogP contribution in [-0.2, 0) is 4.79 Å². The predicted molar refractivity (Wildman–Crippen MR) is 56.3 cm³/mol. The Balaban J connectivity index is 2.31. The zero-order valence-corrected chi connectivity index (χ0v) is 8.71. The van der Waals surface area contributed by atoms with E-state index in [1.54, 1.807) is 6.07 Å². The number of nitro groups is 1. The standard InChI is InChI=1S/C11H11NO4/c1-6-2-3-7(12(15)16)4-8(6)9-5-10(9)11(13)14/h2-4,9-10H,5H2,1H3,(H,13,14). The Morgan fingerprint density at radius 1 is 1.56 bits per heavy atom. The number of rotatable bonds is 3. The highest BCUT2D eigenvalue weighted by Crippen LogP contribution is 2.49. The summed E-state index contributed by atoms with van der Waals surface area (Å²) in [5.41, 5.74) is 1.73. The molecule has 84 valence electrons. The summed E-state index contributed by atoms with van der Waals surface area (Å²) in [5, 5.41) is 19.4. The smallest absolute Gasteiger partial charge is 0.307 e. The van der Waals surface area contributed by atoms with Crippen LogP contribution in [0.25, 0.3) is 0 Å². The summed E-state index contributed by atoms with van der Waals surface area (Å²) < 4.78 is 0. The normalized spacial score (nSPS) is 22.8. The fourth-order valence-corrected chi connectivity index (χ4v) is 1.95. The molecule has 1 aliphatic carbocycles. The highest BCUT2D eigenvalue weighted by Gasteiger charge is 2.45. The first kappa shape index (κ1) is 10.6. The lowest BCUT2D eigenvalue weighted by molar-refractivity contribution is -0.384. The molecular formula is C11H11NO4. The number of benzene rings is 1. The third-order valence-corrected chi connectivity index (χ3v) is 2.98. The quantitative estimate of drug-likeness (QED) is 0.626. The van der Waals surface area contributed by atoms with Crippen LogP contribution in [0.15, 0.2) is 18.2 Å². The van der Waals surface area contributed by atoms with E-state index in [0.29, 0.717) is 6.42 Å². The minimum atomic E-state index is -0.823. The zero-order chi connectivity index (χ0) is 11.9. The molecule has 1 fully saturated rings. The minimum absolute atomic E-state index is 0.0247. The van der Waals surface area contributed by atoms with Gasteiger partial charge in [-0.15, -0.1) is 0 Å². The Morgan fingerprint density at radius 3 is 2.75 bits per heavy atom. The van der Waals surface area contributed by atoms with E-state index < -0.39 is 10.9 Å². The fraction of sp³-hybridized carbons (Fsp3) is 0.364. The second-order valence-electron chi connectivity index (χ2n) is 4.08. The molecule has 0 saturated heterocycles. The molecule has 0 heterocycles. The molecule has 1 aromatic carbocycles. The molecule has 0 spiro atoms. The molecule has 1 aliphatic rings. The molecule has 16 heavy (non-hydrogen) atoms. The lowest BCUT2D eigenvalue weighted by Gasteiger charge is -2.03. The molecule has 0 aliphatic heterocycles. The molecule has 0 amide bonds. The molecular weight excluding hydrogens is 210 g/mol. The molecule has 2 unspecified atom stereocenters. The van der Waals surface area contributed by atoms with E-state index in [2.05, 4.69) is 0 Å². The van der Waals surface area contributed by atoms with Gasteiger partial charge in [-0.25, -0.2) is 0 Å². The van der Waals surface area contributed by atoms with Crippen molar-refractivity contribution in [3.63, 3.8) is 0 Å². The number of hydrogen-bond donors (Lipinski definition) is 1. The third kappa shape index (κ3) is 1.76. The number of non-ortho nitro benzene ring substituents is 1. The van der Waals surface area contributed by atoms with Crippen LogP contribution in [0.4, 0.5) is 5.69 Å². The van der Waals surface area contributed by atoms with Crippen molar-refractivity contribution in [1.82, 2.24) is 0 Å². The predicted octanol–water partition coefficient (Wildman–Crippen LogP) is 2.09. The maximum Gasteiger partial charge on any atom is 0.307 e. The Hall–Kier alpha value is -1.91.